The molecule has 0 aliphatic rings. The number of aliphatic imine (C=N–C) groups is 1. The van der Waals surface area contributed by atoms with E-state index in [1.807, 2.05) is 25.1 Å². The summed E-state index contributed by atoms with van der Waals surface area (Å²) in [4.78, 5) is 4.64. The second kappa shape index (κ2) is 10.5. The highest BCUT2D eigenvalue weighted by Crippen LogP contribution is 2.23. The fourth-order valence-corrected chi connectivity index (χ4v) is 3.19. The molecule has 0 saturated carbocycles. The van der Waals surface area contributed by atoms with Crippen LogP contribution < -0.4 is 10.6 Å². The van der Waals surface area contributed by atoms with Gasteiger partial charge in [-0.15, -0.1) is 24.0 Å². The maximum atomic E-state index is 12.2. The summed E-state index contributed by atoms with van der Waals surface area (Å²) < 4.78 is 23.6. The minimum absolute atomic E-state index is 0. The lowest BCUT2D eigenvalue weighted by Gasteiger charge is -2.24. The normalized spacial score (nSPS) is 13.1. The van der Waals surface area contributed by atoms with E-state index in [1.165, 1.54) is 5.56 Å². The Kier molecular flexibility index (Phi) is 10.2. The topological polar surface area (TPSA) is 70.6 Å². The summed E-state index contributed by atoms with van der Waals surface area (Å²) in [5.41, 5.74) is 1.13. The number of hydrogen-bond acceptors (Lipinski definition) is 3. The van der Waals surface area contributed by atoms with Gasteiger partial charge in [0.1, 0.15) is 0 Å². The van der Waals surface area contributed by atoms with Gasteiger partial charge in [0.2, 0.25) is 0 Å². The molecule has 1 aromatic rings. The Hall–Kier alpha value is -0.830. The molecule has 1 aromatic carbocycles. The molecule has 7 heteroatoms. The average Bonchev–Trinajstić information content (AvgIpc) is 2.52. The van der Waals surface area contributed by atoms with E-state index in [0.717, 1.165) is 6.54 Å². The van der Waals surface area contributed by atoms with E-state index in [2.05, 4.69) is 41.6 Å². The molecule has 0 saturated heterocycles. The van der Waals surface area contributed by atoms with Gasteiger partial charge in [0.05, 0.1) is 17.0 Å². The van der Waals surface area contributed by atoms with Crippen molar-refractivity contribution < 1.29 is 8.42 Å². The van der Waals surface area contributed by atoms with Crippen LogP contribution in [0.5, 0.6) is 0 Å². The zero-order valence-corrected chi connectivity index (χ0v) is 19.9. The van der Waals surface area contributed by atoms with Gasteiger partial charge in [-0.05, 0) is 33.3 Å². The van der Waals surface area contributed by atoms with Crippen molar-refractivity contribution in [3.63, 3.8) is 0 Å². The number of hydrogen-bond donors (Lipinski definition) is 2. The third kappa shape index (κ3) is 7.82. The number of rotatable bonds is 7. The van der Waals surface area contributed by atoms with Crippen LogP contribution in [-0.4, -0.2) is 44.5 Å². The molecular weight excluding hydrogens is 461 g/mol. The maximum absolute atomic E-state index is 12.2. The van der Waals surface area contributed by atoms with Gasteiger partial charge in [-0.3, -0.25) is 4.99 Å². The van der Waals surface area contributed by atoms with Gasteiger partial charge in [0, 0.05) is 18.5 Å². The summed E-state index contributed by atoms with van der Waals surface area (Å²) in [6, 6.07) is 10.3. The summed E-state index contributed by atoms with van der Waals surface area (Å²) >= 11 is 0. The van der Waals surface area contributed by atoms with E-state index in [-0.39, 0.29) is 35.1 Å². The van der Waals surface area contributed by atoms with Crippen molar-refractivity contribution in [2.75, 3.05) is 25.4 Å². The number of benzene rings is 1. The molecule has 0 unspecified atom stereocenters. The smallest absolute Gasteiger partial charge is 0.191 e. The molecule has 0 heterocycles. The lowest BCUT2D eigenvalue weighted by Crippen LogP contribution is -2.42. The quantitative estimate of drug-likeness (QED) is 0.346. The fraction of sp³-hybridized carbons (Fsp3) is 0.632. The van der Waals surface area contributed by atoms with Gasteiger partial charge in [0.15, 0.2) is 15.8 Å². The lowest BCUT2D eigenvalue weighted by atomic mass is 9.85. The van der Waals surface area contributed by atoms with E-state index in [4.69, 9.17) is 0 Å². The first-order valence-electron chi connectivity index (χ1n) is 8.79. The monoisotopic (exact) mass is 495 g/mol. The van der Waals surface area contributed by atoms with Crippen LogP contribution >= 0.6 is 24.0 Å². The summed E-state index contributed by atoms with van der Waals surface area (Å²) in [6.45, 7) is 13.2. The first-order chi connectivity index (χ1) is 11.5. The van der Waals surface area contributed by atoms with Gasteiger partial charge in [-0.25, -0.2) is 8.42 Å². The molecule has 0 spiro atoms. The second-order valence-corrected chi connectivity index (χ2v) is 10.7. The Bertz CT molecular complexity index is 666. The predicted molar refractivity (Wildman–Crippen MR) is 122 cm³/mol. The molecule has 0 aromatic heterocycles. The lowest BCUT2D eigenvalue weighted by molar-refractivity contribution is 0.537. The van der Waals surface area contributed by atoms with Crippen LogP contribution in [0.1, 0.15) is 47.1 Å². The SMILES string of the molecule is CCNC(=NCC(C)(C)c1ccccc1)NCCS(=O)(=O)C(C)(C)C.I. The Morgan fingerprint density at radius 1 is 1.04 bits per heavy atom. The van der Waals surface area contributed by atoms with Crippen LogP contribution in [0.15, 0.2) is 35.3 Å². The molecular formula is C19H34IN3O2S. The van der Waals surface area contributed by atoms with E-state index in [1.54, 1.807) is 20.8 Å². The van der Waals surface area contributed by atoms with Crippen molar-refractivity contribution in [1.29, 1.82) is 0 Å². The van der Waals surface area contributed by atoms with Crippen molar-refractivity contribution in [3.05, 3.63) is 35.9 Å². The maximum Gasteiger partial charge on any atom is 0.191 e. The molecule has 26 heavy (non-hydrogen) atoms. The van der Waals surface area contributed by atoms with Crippen LogP contribution in [0.4, 0.5) is 0 Å². The van der Waals surface area contributed by atoms with Crippen molar-refractivity contribution >= 4 is 39.8 Å². The number of halogens is 1. The molecule has 0 amide bonds. The van der Waals surface area contributed by atoms with E-state index in [9.17, 15) is 8.42 Å². The average molecular weight is 495 g/mol. The third-order valence-electron chi connectivity index (χ3n) is 4.13. The molecule has 0 fully saturated rings. The Labute approximate surface area is 176 Å². The zero-order valence-electron chi connectivity index (χ0n) is 16.8. The van der Waals surface area contributed by atoms with Crippen molar-refractivity contribution in [2.45, 2.75) is 51.7 Å². The molecule has 0 atom stereocenters. The summed E-state index contributed by atoms with van der Waals surface area (Å²) in [7, 11) is -3.14. The Balaban J connectivity index is 0.00000625. The molecule has 0 bridgehead atoms. The van der Waals surface area contributed by atoms with E-state index in [0.29, 0.717) is 19.0 Å². The number of nitrogens with zero attached hydrogens (tertiary/aromatic N) is 1. The first kappa shape index (κ1) is 25.2. The van der Waals surface area contributed by atoms with E-state index >= 15 is 0 Å². The standard InChI is InChI=1S/C19H33N3O2S.HI/c1-7-20-17(21-13-14-25(23,24)18(2,3)4)22-15-19(5,6)16-11-9-8-10-12-16;/h8-12H,7,13-15H2,1-6H3,(H2,20,21,22);1H. The van der Waals surface area contributed by atoms with Gasteiger partial charge < -0.3 is 10.6 Å². The predicted octanol–water partition coefficient (Wildman–Crippen LogP) is 3.35. The minimum atomic E-state index is -3.14. The molecule has 0 aliphatic carbocycles. The highest BCUT2D eigenvalue weighted by molar-refractivity contribution is 14.0. The molecule has 150 valence electrons. The van der Waals surface area contributed by atoms with Crippen LogP contribution in [0, 0.1) is 0 Å². The van der Waals surface area contributed by atoms with Gasteiger partial charge >= 0.3 is 0 Å². The van der Waals surface area contributed by atoms with Crippen molar-refractivity contribution in [1.82, 2.24) is 10.6 Å². The summed E-state index contributed by atoms with van der Waals surface area (Å²) in [5.74, 6) is 0.735. The van der Waals surface area contributed by atoms with Crippen molar-refractivity contribution in [2.24, 2.45) is 4.99 Å². The van der Waals surface area contributed by atoms with Gasteiger partial charge in [-0.1, -0.05) is 44.2 Å². The molecule has 2 N–H and O–H groups in total. The second-order valence-electron chi connectivity index (χ2n) is 7.80. The minimum Gasteiger partial charge on any atom is -0.357 e. The van der Waals surface area contributed by atoms with Crippen LogP contribution in [0.3, 0.4) is 0 Å². The van der Waals surface area contributed by atoms with Crippen LogP contribution in [0.25, 0.3) is 0 Å². The zero-order chi connectivity index (χ0) is 19.1. The summed E-state index contributed by atoms with van der Waals surface area (Å²) in [5, 5.41) is 6.31. The number of sulfone groups is 1. The van der Waals surface area contributed by atoms with E-state index < -0.39 is 14.6 Å². The van der Waals surface area contributed by atoms with Gasteiger partial charge in [-0.2, -0.15) is 0 Å². The Morgan fingerprint density at radius 2 is 1.62 bits per heavy atom. The molecule has 5 nitrogen and oxygen atoms in total. The largest absolute Gasteiger partial charge is 0.357 e. The van der Waals surface area contributed by atoms with Gasteiger partial charge in [0.25, 0.3) is 0 Å². The molecule has 0 aliphatic heterocycles. The number of guanidine groups is 1. The third-order valence-corrected chi connectivity index (χ3v) is 6.74. The number of nitrogens with one attached hydrogen (secondary N) is 2. The van der Waals surface area contributed by atoms with Crippen molar-refractivity contribution in [3.8, 4) is 0 Å². The molecule has 0 radical (unpaired) electrons. The summed E-state index contributed by atoms with van der Waals surface area (Å²) in [6.07, 6.45) is 0. The highest BCUT2D eigenvalue weighted by atomic mass is 127. The first-order valence-corrected chi connectivity index (χ1v) is 10.4. The fourth-order valence-electron chi connectivity index (χ4n) is 2.21. The Morgan fingerprint density at radius 3 is 2.12 bits per heavy atom. The van der Waals surface area contributed by atoms with Crippen LogP contribution in [-0.2, 0) is 15.3 Å². The van der Waals surface area contributed by atoms with Crippen LogP contribution in [0.2, 0.25) is 0 Å². The highest BCUT2D eigenvalue weighted by Gasteiger charge is 2.28. The molecule has 1 rings (SSSR count).